The number of ether oxygens (including phenoxy) is 1. The second-order valence-corrected chi connectivity index (χ2v) is 6.32. The second-order valence-electron chi connectivity index (χ2n) is 5.33. The number of hydrogen-bond acceptors (Lipinski definition) is 3. The molecule has 1 aromatic carbocycles. The molecule has 1 atom stereocenters. The Bertz CT molecular complexity index is 412. The van der Waals surface area contributed by atoms with E-state index in [4.69, 9.17) is 4.74 Å². The first-order valence-corrected chi connectivity index (χ1v) is 9.20. The molecule has 0 heterocycles. The number of rotatable bonds is 10. The third kappa shape index (κ3) is 8.95. The Balaban J connectivity index is 2.11. The van der Waals surface area contributed by atoms with E-state index in [1.165, 1.54) is 11.3 Å². The lowest BCUT2D eigenvalue weighted by Gasteiger charge is -2.16. The van der Waals surface area contributed by atoms with Crippen LogP contribution in [0.25, 0.3) is 0 Å². The van der Waals surface area contributed by atoms with Crippen LogP contribution in [0.15, 0.2) is 35.3 Å². The van der Waals surface area contributed by atoms with Crippen molar-refractivity contribution < 1.29 is 4.74 Å². The summed E-state index contributed by atoms with van der Waals surface area (Å²) in [4.78, 5) is 4.23. The summed E-state index contributed by atoms with van der Waals surface area (Å²) in [7, 11) is 1.81. The van der Waals surface area contributed by atoms with E-state index in [-0.39, 0.29) is 0 Å². The van der Waals surface area contributed by atoms with Crippen LogP contribution in [0.5, 0.6) is 0 Å². The zero-order valence-corrected chi connectivity index (χ0v) is 14.8. The van der Waals surface area contributed by atoms with Crippen LogP contribution in [0.1, 0.15) is 18.9 Å². The van der Waals surface area contributed by atoms with Gasteiger partial charge in [0.05, 0.1) is 13.2 Å². The molecule has 0 saturated heterocycles. The maximum atomic E-state index is 5.76. The maximum Gasteiger partial charge on any atom is 0.190 e. The van der Waals surface area contributed by atoms with Gasteiger partial charge in [-0.3, -0.25) is 4.99 Å². The topological polar surface area (TPSA) is 45.7 Å². The Hall–Kier alpha value is -1.20. The van der Waals surface area contributed by atoms with Crippen LogP contribution in [0.3, 0.4) is 0 Å². The van der Waals surface area contributed by atoms with Crippen molar-refractivity contribution in [1.82, 2.24) is 10.6 Å². The summed E-state index contributed by atoms with van der Waals surface area (Å²) >= 11 is 1.87. The summed E-state index contributed by atoms with van der Waals surface area (Å²) in [5.74, 6) is 2.48. The lowest BCUT2D eigenvalue weighted by atomic mass is 10.2. The molecule has 1 rings (SSSR count). The van der Waals surface area contributed by atoms with Gasteiger partial charge in [-0.1, -0.05) is 37.3 Å². The van der Waals surface area contributed by atoms with Crippen LogP contribution in [0, 0.1) is 5.92 Å². The first kappa shape index (κ1) is 18.8. The molecule has 0 saturated carbocycles. The van der Waals surface area contributed by atoms with E-state index < -0.39 is 0 Å². The Morgan fingerprint density at radius 3 is 2.73 bits per heavy atom. The van der Waals surface area contributed by atoms with Crippen LogP contribution < -0.4 is 10.6 Å². The zero-order valence-electron chi connectivity index (χ0n) is 14.0. The van der Waals surface area contributed by atoms with E-state index >= 15 is 0 Å². The van der Waals surface area contributed by atoms with Crippen LogP contribution >= 0.6 is 11.8 Å². The predicted molar refractivity (Wildman–Crippen MR) is 97.6 cm³/mol. The minimum Gasteiger partial charge on any atom is -0.376 e. The van der Waals surface area contributed by atoms with Crippen molar-refractivity contribution in [3.8, 4) is 0 Å². The molecule has 0 fully saturated rings. The fourth-order valence-electron chi connectivity index (χ4n) is 1.93. The minimum absolute atomic E-state index is 0.438. The SMILES string of the molecule is CN=C(NCCCSC)NCC(C)COCc1ccccc1. The van der Waals surface area contributed by atoms with E-state index in [0.29, 0.717) is 12.5 Å². The second kappa shape index (κ2) is 12.4. The van der Waals surface area contributed by atoms with Crippen LogP contribution in [-0.2, 0) is 11.3 Å². The Morgan fingerprint density at radius 2 is 2.05 bits per heavy atom. The molecule has 124 valence electrons. The van der Waals surface area contributed by atoms with Crippen LogP contribution in [0.2, 0.25) is 0 Å². The quantitative estimate of drug-likeness (QED) is 0.395. The van der Waals surface area contributed by atoms with E-state index in [1.807, 2.05) is 30.0 Å². The molecule has 22 heavy (non-hydrogen) atoms. The monoisotopic (exact) mass is 323 g/mol. The molecule has 0 aromatic heterocycles. The largest absolute Gasteiger partial charge is 0.376 e. The maximum absolute atomic E-state index is 5.76. The number of guanidine groups is 1. The first-order chi connectivity index (χ1) is 10.8. The fourth-order valence-corrected chi connectivity index (χ4v) is 2.36. The van der Waals surface area contributed by atoms with Gasteiger partial charge in [0.15, 0.2) is 5.96 Å². The summed E-state index contributed by atoms with van der Waals surface area (Å²) in [6, 6.07) is 10.3. The number of hydrogen-bond donors (Lipinski definition) is 2. The van der Waals surface area contributed by atoms with E-state index in [0.717, 1.165) is 32.1 Å². The van der Waals surface area contributed by atoms with Crippen LogP contribution in [0.4, 0.5) is 0 Å². The van der Waals surface area contributed by atoms with Gasteiger partial charge in [0.25, 0.3) is 0 Å². The molecular weight excluding hydrogens is 294 g/mol. The number of nitrogens with one attached hydrogen (secondary N) is 2. The van der Waals surface area contributed by atoms with Crippen molar-refractivity contribution in [2.24, 2.45) is 10.9 Å². The average Bonchev–Trinajstić information content (AvgIpc) is 2.55. The molecule has 2 N–H and O–H groups in total. The van der Waals surface area contributed by atoms with Gasteiger partial charge in [-0.25, -0.2) is 0 Å². The van der Waals surface area contributed by atoms with Gasteiger partial charge in [-0.05, 0) is 29.9 Å². The van der Waals surface area contributed by atoms with Crippen molar-refractivity contribution in [3.05, 3.63) is 35.9 Å². The Labute approximate surface area is 139 Å². The summed E-state index contributed by atoms with van der Waals surface area (Å²) in [5, 5.41) is 6.67. The summed E-state index contributed by atoms with van der Waals surface area (Å²) in [5.41, 5.74) is 1.22. The van der Waals surface area contributed by atoms with E-state index in [1.54, 1.807) is 7.05 Å². The van der Waals surface area contributed by atoms with Crippen molar-refractivity contribution in [3.63, 3.8) is 0 Å². The average molecular weight is 324 g/mol. The highest BCUT2D eigenvalue weighted by Gasteiger charge is 2.04. The molecule has 0 aliphatic heterocycles. The van der Waals surface area contributed by atoms with Gasteiger partial charge in [-0.2, -0.15) is 11.8 Å². The minimum atomic E-state index is 0.438. The molecule has 0 aliphatic rings. The normalized spacial score (nSPS) is 13.0. The molecule has 1 aromatic rings. The van der Waals surface area contributed by atoms with Crippen molar-refractivity contribution >= 4 is 17.7 Å². The van der Waals surface area contributed by atoms with Crippen molar-refractivity contribution in [2.75, 3.05) is 38.8 Å². The van der Waals surface area contributed by atoms with Gasteiger partial charge < -0.3 is 15.4 Å². The Morgan fingerprint density at radius 1 is 1.27 bits per heavy atom. The lowest BCUT2D eigenvalue weighted by Crippen LogP contribution is -2.40. The number of aliphatic imine (C=N–C) groups is 1. The van der Waals surface area contributed by atoms with E-state index in [9.17, 15) is 0 Å². The highest BCUT2D eigenvalue weighted by molar-refractivity contribution is 7.98. The van der Waals surface area contributed by atoms with E-state index in [2.05, 4.69) is 40.9 Å². The molecule has 0 bridgehead atoms. The molecule has 5 heteroatoms. The smallest absolute Gasteiger partial charge is 0.190 e. The summed E-state index contributed by atoms with van der Waals surface area (Å²) in [6.45, 7) is 5.41. The van der Waals surface area contributed by atoms with Gasteiger partial charge >= 0.3 is 0 Å². The molecule has 4 nitrogen and oxygen atoms in total. The summed E-state index contributed by atoms with van der Waals surface area (Å²) in [6.07, 6.45) is 3.28. The predicted octanol–water partition coefficient (Wildman–Crippen LogP) is 2.76. The highest BCUT2D eigenvalue weighted by Crippen LogP contribution is 2.02. The van der Waals surface area contributed by atoms with Crippen molar-refractivity contribution in [2.45, 2.75) is 20.0 Å². The van der Waals surface area contributed by atoms with Gasteiger partial charge in [0, 0.05) is 20.1 Å². The standard InChI is InChI=1S/C17H29N3OS/c1-15(13-21-14-16-8-5-4-6-9-16)12-20-17(18-2)19-10-7-11-22-3/h4-6,8-9,15H,7,10-14H2,1-3H3,(H2,18,19,20). The van der Waals surface area contributed by atoms with Gasteiger partial charge in [-0.15, -0.1) is 0 Å². The Kier molecular flexibility index (Phi) is 10.6. The molecule has 0 amide bonds. The van der Waals surface area contributed by atoms with Crippen molar-refractivity contribution in [1.29, 1.82) is 0 Å². The third-order valence-electron chi connectivity index (χ3n) is 3.17. The fraction of sp³-hybridized carbons (Fsp3) is 0.588. The molecule has 0 aliphatic carbocycles. The number of nitrogens with zero attached hydrogens (tertiary/aromatic N) is 1. The third-order valence-corrected chi connectivity index (χ3v) is 3.87. The number of thioether (sulfide) groups is 1. The van der Waals surface area contributed by atoms with Gasteiger partial charge in [0.1, 0.15) is 0 Å². The first-order valence-electron chi connectivity index (χ1n) is 7.81. The van der Waals surface area contributed by atoms with Gasteiger partial charge in [0.2, 0.25) is 0 Å². The molecule has 0 spiro atoms. The number of benzene rings is 1. The zero-order chi connectivity index (χ0) is 16.0. The lowest BCUT2D eigenvalue weighted by molar-refractivity contribution is 0.0931. The molecule has 1 unspecified atom stereocenters. The summed E-state index contributed by atoms with van der Waals surface area (Å²) < 4.78 is 5.76. The molecular formula is C17H29N3OS. The highest BCUT2D eigenvalue weighted by atomic mass is 32.2. The van der Waals surface area contributed by atoms with Crippen LogP contribution in [-0.4, -0.2) is 44.7 Å². The molecule has 0 radical (unpaired) electrons.